The molecule has 0 aliphatic rings. The summed E-state index contributed by atoms with van der Waals surface area (Å²) < 4.78 is 0.941. The molecule has 4 heteroatoms. The minimum absolute atomic E-state index is 0. The van der Waals surface area contributed by atoms with E-state index < -0.39 is 6.29 Å². The van der Waals surface area contributed by atoms with Crippen molar-refractivity contribution in [3.05, 3.63) is 0 Å². The van der Waals surface area contributed by atoms with Crippen LogP contribution >= 0.6 is 0 Å². The summed E-state index contributed by atoms with van der Waals surface area (Å²) >= 11 is 0. The molecule has 3 nitrogen and oxygen atoms in total. The largest absolute Gasteiger partial charge is 1.00 e. The Morgan fingerprint density at radius 2 is 0.611 bits per heavy atom. The lowest BCUT2D eigenvalue weighted by Crippen LogP contribution is -3.00. The van der Waals surface area contributed by atoms with Crippen molar-refractivity contribution in [3.8, 4) is 0 Å². The average Bonchev–Trinajstić information content (AvgIpc) is 2.84. The van der Waals surface area contributed by atoms with Crippen LogP contribution in [0.1, 0.15) is 175 Å². The number of unbranched alkanes of at least 4 members (excludes halogenated alkanes) is 21. The van der Waals surface area contributed by atoms with Crippen molar-refractivity contribution in [2.45, 2.75) is 181 Å². The molecule has 36 heavy (non-hydrogen) atoms. The predicted molar refractivity (Wildman–Crippen MR) is 156 cm³/mol. The van der Waals surface area contributed by atoms with E-state index >= 15 is 0 Å². The van der Waals surface area contributed by atoms with Gasteiger partial charge in [-0.25, -0.2) is 0 Å². The molecular formula is C32H68INO2. The SMILES string of the molecule is CCCCCCCCCCCCCC[N+](CCCCCCCC)(CCCCCCCC)CC(O)O.[I-]. The molecule has 0 saturated heterocycles. The molecule has 0 atom stereocenters. The van der Waals surface area contributed by atoms with Gasteiger partial charge in [0.25, 0.3) is 0 Å². The Bertz CT molecular complexity index is 390. The van der Waals surface area contributed by atoms with Crippen molar-refractivity contribution in [1.82, 2.24) is 0 Å². The molecule has 220 valence electrons. The minimum Gasteiger partial charge on any atom is -1.00 e. The van der Waals surface area contributed by atoms with E-state index in [1.807, 2.05) is 0 Å². The van der Waals surface area contributed by atoms with Crippen molar-refractivity contribution >= 4 is 0 Å². The van der Waals surface area contributed by atoms with E-state index in [0.717, 1.165) is 24.1 Å². The van der Waals surface area contributed by atoms with Crippen molar-refractivity contribution in [3.63, 3.8) is 0 Å². The molecule has 0 aliphatic heterocycles. The third-order valence-corrected chi connectivity index (χ3v) is 8.01. The zero-order valence-corrected chi connectivity index (χ0v) is 27.3. The van der Waals surface area contributed by atoms with Gasteiger partial charge in [0.05, 0.1) is 19.6 Å². The number of nitrogens with zero attached hydrogens (tertiary/aromatic N) is 1. The van der Waals surface area contributed by atoms with Crippen molar-refractivity contribution in [2.75, 3.05) is 26.2 Å². The van der Waals surface area contributed by atoms with Gasteiger partial charge in [0.2, 0.25) is 6.29 Å². The van der Waals surface area contributed by atoms with Crippen LogP contribution in [0.4, 0.5) is 0 Å². The summed E-state index contributed by atoms with van der Waals surface area (Å²) in [7, 11) is 0. The Labute approximate surface area is 245 Å². The average molecular weight is 626 g/mol. The Balaban J connectivity index is 0. The molecular weight excluding hydrogens is 557 g/mol. The van der Waals surface area contributed by atoms with Gasteiger partial charge in [-0.1, -0.05) is 136 Å². The fourth-order valence-corrected chi connectivity index (χ4v) is 5.70. The standard InChI is InChI=1S/C32H68NO2.HI/c1-4-7-10-13-16-17-18-19-20-21-24-27-30-33(31-32(34)35,28-25-22-14-11-8-5-2)29-26-23-15-12-9-6-3;/h32,34-35H,4-31H2,1-3H3;1H/q+1;/p-1. The number of aliphatic hydroxyl groups is 2. The van der Waals surface area contributed by atoms with Crippen LogP contribution in [0.15, 0.2) is 0 Å². The molecule has 0 aromatic rings. The van der Waals surface area contributed by atoms with Gasteiger partial charge in [-0.3, -0.25) is 0 Å². The summed E-state index contributed by atoms with van der Waals surface area (Å²) in [6, 6.07) is 0. The van der Waals surface area contributed by atoms with Crippen LogP contribution in [-0.4, -0.2) is 47.2 Å². The molecule has 0 radical (unpaired) electrons. The highest BCUT2D eigenvalue weighted by atomic mass is 127. The van der Waals surface area contributed by atoms with Gasteiger partial charge in [-0.15, -0.1) is 0 Å². The van der Waals surface area contributed by atoms with Gasteiger partial charge in [-0.2, -0.15) is 0 Å². The second kappa shape index (κ2) is 30.2. The van der Waals surface area contributed by atoms with E-state index in [2.05, 4.69) is 20.8 Å². The van der Waals surface area contributed by atoms with E-state index in [1.54, 1.807) is 0 Å². The molecule has 0 fully saturated rings. The topological polar surface area (TPSA) is 40.5 Å². The van der Waals surface area contributed by atoms with Gasteiger partial charge >= 0.3 is 0 Å². The number of hydrogen-bond acceptors (Lipinski definition) is 2. The van der Waals surface area contributed by atoms with Crippen molar-refractivity contribution in [2.24, 2.45) is 0 Å². The smallest absolute Gasteiger partial charge is 0.202 e. The molecule has 0 bridgehead atoms. The monoisotopic (exact) mass is 625 g/mol. The molecule has 0 unspecified atom stereocenters. The summed E-state index contributed by atoms with van der Waals surface area (Å²) in [5.41, 5.74) is 0. The summed E-state index contributed by atoms with van der Waals surface area (Å²) in [6.45, 7) is 10.8. The second-order valence-corrected chi connectivity index (χ2v) is 11.6. The number of hydrogen-bond donors (Lipinski definition) is 2. The first-order valence-corrected chi connectivity index (χ1v) is 16.3. The summed E-state index contributed by atoms with van der Waals surface area (Å²) in [4.78, 5) is 0. The predicted octanol–water partition coefficient (Wildman–Crippen LogP) is 6.54. The third kappa shape index (κ3) is 26.2. The molecule has 0 aliphatic carbocycles. The van der Waals surface area contributed by atoms with Gasteiger partial charge in [-0.05, 0) is 38.5 Å². The highest BCUT2D eigenvalue weighted by Crippen LogP contribution is 2.19. The Morgan fingerprint density at radius 3 is 0.833 bits per heavy atom. The van der Waals surface area contributed by atoms with Crippen LogP contribution < -0.4 is 24.0 Å². The van der Waals surface area contributed by atoms with E-state index in [0.29, 0.717) is 6.54 Å². The molecule has 0 heterocycles. The lowest BCUT2D eigenvalue weighted by molar-refractivity contribution is -0.934. The van der Waals surface area contributed by atoms with Crippen LogP contribution in [0.5, 0.6) is 0 Å². The Hall–Kier alpha value is 0.610. The zero-order valence-electron chi connectivity index (χ0n) is 25.1. The fourth-order valence-electron chi connectivity index (χ4n) is 5.70. The Kier molecular flexibility index (Phi) is 32.5. The molecule has 0 saturated carbocycles. The molecule has 2 N–H and O–H groups in total. The van der Waals surface area contributed by atoms with Crippen LogP contribution in [0, 0.1) is 0 Å². The van der Waals surface area contributed by atoms with E-state index in [1.165, 1.54) is 154 Å². The third-order valence-electron chi connectivity index (χ3n) is 8.01. The summed E-state index contributed by atoms with van der Waals surface area (Å²) in [5, 5.41) is 19.9. The summed E-state index contributed by atoms with van der Waals surface area (Å²) in [6.07, 6.45) is 31.2. The van der Waals surface area contributed by atoms with Gasteiger partial charge in [0.1, 0.15) is 6.54 Å². The molecule has 0 aromatic heterocycles. The second-order valence-electron chi connectivity index (χ2n) is 11.6. The van der Waals surface area contributed by atoms with E-state index in [4.69, 9.17) is 0 Å². The minimum atomic E-state index is -1.17. The van der Waals surface area contributed by atoms with Gasteiger partial charge in [0, 0.05) is 0 Å². The van der Waals surface area contributed by atoms with E-state index in [9.17, 15) is 10.2 Å². The van der Waals surface area contributed by atoms with Crippen LogP contribution in [-0.2, 0) is 0 Å². The molecule has 0 amide bonds. The van der Waals surface area contributed by atoms with Crippen LogP contribution in [0.2, 0.25) is 0 Å². The summed E-state index contributed by atoms with van der Waals surface area (Å²) in [5.74, 6) is 0. The maximum absolute atomic E-state index is 9.96. The number of rotatable bonds is 29. The zero-order chi connectivity index (χ0) is 25.9. The quantitative estimate of drug-likeness (QED) is 0.0429. The normalized spacial score (nSPS) is 11.8. The Morgan fingerprint density at radius 1 is 0.389 bits per heavy atom. The lowest BCUT2D eigenvalue weighted by atomic mass is 10.0. The first-order chi connectivity index (χ1) is 17.1. The lowest BCUT2D eigenvalue weighted by Gasteiger charge is -2.40. The number of aliphatic hydroxyl groups excluding tert-OH is 1. The van der Waals surface area contributed by atoms with Crippen LogP contribution in [0.25, 0.3) is 0 Å². The molecule has 0 rings (SSSR count). The maximum atomic E-state index is 9.96. The van der Waals surface area contributed by atoms with Crippen molar-refractivity contribution in [1.29, 1.82) is 0 Å². The molecule has 0 aromatic carbocycles. The van der Waals surface area contributed by atoms with Gasteiger partial charge in [0.15, 0.2) is 0 Å². The first kappa shape index (κ1) is 38.8. The van der Waals surface area contributed by atoms with Gasteiger partial charge < -0.3 is 38.7 Å². The van der Waals surface area contributed by atoms with Crippen molar-refractivity contribution < 1.29 is 38.7 Å². The van der Waals surface area contributed by atoms with Crippen LogP contribution in [0.3, 0.4) is 0 Å². The first-order valence-electron chi connectivity index (χ1n) is 16.3. The molecule has 0 spiro atoms. The highest BCUT2D eigenvalue weighted by molar-refractivity contribution is 4.55. The van der Waals surface area contributed by atoms with E-state index in [-0.39, 0.29) is 24.0 Å². The maximum Gasteiger partial charge on any atom is 0.202 e. The fraction of sp³-hybridized carbons (Fsp3) is 1.00. The number of halogens is 1. The highest BCUT2D eigenvalue weighted by Gasteiger charge is 2.28. The number of quaternary nitrogens is 1.